The second-order valence-corrected chi connectivity index (χ2v) is 5.42. The van der Waals surface area contributed by atoms with Gasteiger partial charge in [0, 0.05) is 19.3 Å². The molecule has 22 heavy (non-hydrogen) atoms. The van der Waals surface area contributed by atoms with E-state index < -0.39 is 11.8 Å². The van der Waals surface area contributed by atoms with Crippen LogP contribution in [0.5, 0.6) is 0 Å². The number of amides is 2. The Morgan fingerprint density at radius 1 is 1.14 bits per heavy atom. The maximum Gasteiger partial charge on any atom is 0.315 e. The van der Waals surface area contributed by atoms with Crippen molar-refractivity contribution in [3.8, 4) is 0 Å². The molecule has 1 aromatic heterocycles. The van der Waals surface area contributed by atoms with Crippen LogP contribution in [0.3, 0.4) is 0 Å². The number of hydrogen-bond acceptors (Lipinski definition) is 3. The molecule has 0 fully saturated rings. The molecule has 1 aliphatic heterocycles. The summed E-state index contributed by atoms with van der Waals surface area (Å²) in [6.45, 7) is 2.95. The number of rotatable bonds is 1. The predicted molar refractivity (Wildman–Crippen MR) is 83.2 cm³/mol. The van der Waals surface area contributed by atoms with Gasteiger partial charge in [0.2, 0.25) is 0 Å². The number of carbonyl (C=O) groups excluding carboxylic acids is 2. The molecule has 0 saturated heterocycles. The number of aryl methyl sites for hydroxylation is 1. The first-order chi connectivity index (χ1) is 10.6. The first kappa shape index (κ1) is 14.3. The maximum absolute atomic E-state index is 12.3. The summed E-state index contributed by atoms with van der Waals surface area (Å²) in [7, 11) is 0. The molecule has 1 N–H and O–H groups in total. The minimum Gasteiger partial charge on any atom is -0.330 e. The number of nitrogens with one attached hydrogen (secondary N) is 1. The normalized spacial score (nSPS) is 13.4. The zero-order chi connectivity index (χ0) is 15.5. The number of fused-ring (bicyclic) bond motifs is 1. The summed E-state index contributed by atoms with van der Waals surface area (Å²) in [6, 6.07) is 11.5. The first-order valence-electron chi connectivity index (χ1n) is 7.23. The van der Waals surface area contributed by atoms with E-state index in [0.717, 1.165) is 17.5 Å². The summed E-state index contributed by atoms with van der Waals surface area (Å²) in [6.07, 6.45) is 2.43. The van der Waals surface area contributed by atoms with Crippen LogP contribution in [0.1, 0.15) is 16.7 Å². The van der Waals surface area contributed by atoms with E-state index >= 15 is 0 Å². The second kappa shape index (κ2) is 5.97. The number of pyridine rings is 1. The molecule has 0 spiro atoms. The predicted octanol–water partition coefficient (Wildman–Crippen LogP) is 1.91. The summed E-state index contributed by atoms with van der Waals surface area (Å²) >= 11 is 0. The largest absolute Gasteiger partial charge is 0.330 e. The van der Waals surface area contributed by atoms with Crippen LogP contribution in [0.2, 0.25) is 0 Å². The lowest BCUT2D eigenvalue weighted by atomic mass is 10.00. The fourth-order valence-corrected chi connectivity index (χ4v) is 2.52. The third-order valence-electron chi connectivity index (χ3n) is 3.77. The molecule has 0 bridgehead atoms. The summed E-state index contributed by atoms with van der Waals surface area (Å²) in [5.41, 5.74) is 3.34. The SMILES string of the molecule is Cc1ccc(NC(=O)C(=O)N2CCc3ccccc3C2)nc1. The summed E-state index contributed by atoms with van der Waals surface area (Å²) in [5, 5.41) is 2.55. The second-order valence-electron chi connectivity index (χ2n) is 5.42. The Bertz CT molecular complexity index is 710. The molecule has 2 heterocycles. The number of anilines is 1. The van der Waals surface area contributed by atoms with Gasteiger partial charge in [-0.05, 0) is 36.1 Å². The lowest BCUT2D eigenvalue weighted by Gasteiger charge is -2.28. The monoisotopic (exact) mass is 295 g/mol. The van der Waals surface area contributed by atoms with Gasteiger partial charge in [-0.3, -0.25) is 9.59 Å². The zero-order valence-electron chi connectivity index (χ0n) is 12.4. The van der Waals surface area contributed by atoms with Crippen molar-refractivity contribution in [3.05, 3.63) is 59.3 Å². The Labute approximate surface area is 129 Å². The van der Waals surface area contributed by atoms with E-state index in [2.05, 4.69) is 16.4 Å². The first-order valence-corrected chi connectivity index (χ1v) is 7.23. The molecule has 112 valence electrons. The van der Waals surface area contributed by atoms with Crippen molar-refractivity contribution >= 4 is 17.6 Å². The molecule has 0 saturated carbocycles. The van der Waals surface area contributed by atoms with Crippen LogP contribution in [0.15, 0.2) is 42.6 Å². The number of nitrogens with zero attached hydrogens (tertiary/aromatic N) is 2. The number of benzene rings is 1. The van der Waals surface area contributed by atoms with Gasteiger partial charge in [-0.25, -0.2) is 4.98 Å². The Morgan fingerprint density at radius 3 is 2.64 bits per heavy atom. The van der Waals surface area contributed by atoms with Gasteiger partial charge in [-0.15, -0.1) is 0 Å². The van der Waals surface area contributed by atoms with Crippen LogP contribution in [-0.4, -0.2) is 28.2 Å². The summed E-state index contributed by atoms with van der Waals surface area (Å²) in [4.78, 5) is 30.0. The third-order valence-corrected chi connectivity index (χ3v) is 3.77. The van der Waals surface area contributed by atoms with E-state index in [1.165, 1.54) is 5.56 Å². The number of aromatic nitrogens is 1. The Hall–Kier alpha value is -2.69. The molecule has 3 rings (SSSR count). The average Bonchev–Trinajstić information content (AvgIpc) is 2.55. The molecule has 1 aliphatic rings. The molecule has 5 heteroatoms. The fraction of sp³-hybridized carbons (Fsp3) is 0.235. The molecule has 2 aromatic rings. The molecular formula is C17H17N3O2. The van der Waals surface area contributed by atoms with Gasteiger partial charge in [0.1, 0.15) is 5.82 Å². The van der Waals surface area contributed by atoms with Gasteiger partial charge in [-0.1, -0.05) is 30.3 Å². The summed E-state index contributed by atoms with van der Waals surface area (Å²) in [5.74, 6) is -0.769. The molecule has 0 aliphatic carbocycles. The highest BCUT2D eigenvalue weighted by Crippen LogP contribution is 2.18. The van der Waals surface area contributed by atoms with Crippen molar-refractivity contribution in [1.82, 2.24) is 9.88 Å². The van der Waals surface area contributed by atoms with E-state index in [9.17, 15) is 9.59 Å². The van der Waals surface area contributed by atoms with Crippen molar-refractivity contribution in [2.24, 2.45) is 0 Å². The van der Waals surface area contributed by atoms with Gasteiger partial charge in [0.05, 0.1) is 0 Å². The van der Waals surface area contributed by atoms with Crippen LogP contribution in [0, 0.1) is 6.92 Å². The third kappa shape index (κ3) is 2.98. The van der Waals surface area contributed by atoms with E-state index in [-0.39, 0.29) is 0 Å². The molecule has 0 radical (unpaired) electrons. The van der Waals surface area contributed by atoms with Crippen molar-refractivity contribution in [3.63, 3.8) is 0 Å². The topological polar surface area (TPSA) is 62.3 Å². The van der Waals surface area contributed by atoms with Gasteiger partial charge in [0.25, 0.3) is 0 Å². The van der Waals surface area contributed by atoms with E-state index in [1.807, 2.05) is 31.2 Å². The maximum atomic E-state index is 12.3. The van der Waals surface area contributed by atoms with Gasteiger partial charge in [0.15, 0.2) is 0 Å². The van der Waals surface area contributed by atoms with Gasteiger partial charge in [-0.2, -0.15) is 0 Å². The van der Waals surface area contributed by atoms with Crippen LogP contribution in [-0.2, 0) is 22.6 Å². The highest BCUT2D eigenvalue weighted by atomic mass is 16.2. The van der Waals surface area contributed by atoms with Crippen molar-refractivity contribution in [2.75, 3.05) is 11.9 Å². The van der Waals surface area contributed by atoms with Crippen LogP contribution in [0.4, 0.5) is 5.82 Å². The molecule has 0 atom stereocenters. The highest BCUT2D eigenvalue weighted by Gasteiger charge is 2.25. The molecular weight excluding hydrogens is 278 g/mol. The van der Waals surface area contributed by atoms with Gasteiger partial charge < -0.3 is 10.2 Å². The standard InChI is InChI=1S/C17H17N3O2/c1-12-6-7-15(18-10-12)19-16(21)17(22)20-9-8-13-4-2-3-5-14(13)11-20/h2-7,10H,8-9,11H2,1H3,(H,18,19,21). The molecule has 0 unspecified atom stereocenters. The Morgan fingerprint density at radius 2 is 1.91 bits per heavy atom. The van der Waals surface area contributed by atoms with Crippen LogP contribution < -0.4 is 5.32 Å². The van der Waals surface area contributed by atoms with E-state index in [1.54, 1.807) is 17.2 Å². The molecule has 2 amide bonds. The van der Waals surface area contributed by atoms with E-state index in [0.29, 0.717) is 18.9 Å². The summed E-state index contributed by atoms with van der Waals surface area (Å²) < 4.78 is 0. The van der Waals surface area contributed by atoms with Crippen molar-refractivity contribution < 1.29 is 9.59 Å². The quantitative estimate of drug-likeness (QED) is 0.818. The molecule has 5 nitrogen and oxygen atoms in total. The fourth-order valence-electron chi connectivity index (χ4n) is 2.52. The number of carbonyl (C=O) groups is 2. The van der Waals surface area contributed by atoms with Crippen LogP contribution >= 0.6 is 0 Å². The van der Waals surface area contributed by atoms with Crippen LogP contribution in [0.25, 0.3) is 0 Å². The smallest absolute Gasteiger partial charge is 0.315 e. The average molecular weight is 295 g/mol. The zero-order valence-corrected chi connectivity index (χ0v) is 12.4. The molecule has 1 aromatic carbocycles. The van der Waals surface area contributed by atoms with Gasteiger partial charge >= 0.3 is 11.8 Å². The minimum atomic E-state index is -0.643. The Kier molecular flexibility index (Phi) is 3.87. The van der Waals surface area contributed by atoms with Crippen molar-refractivity contribution in [2.45, 2.75) is 19.9 Å². The Balaban J connectivity index is 1.67. The lowest BCUT2D eigenvalue weighted by molar-refractivity contribution is -0.143. The van der Waals surface area contributed by atoms with E-state index in [4.69, 9.17) is 0 Å². The number of hydrogen-bond donors (Lipinski definition) is 1. The lowest BCUT2D eigenvalue weighted by Crippen LogP contribution is -2.42. The van der Waals surface area contributed by atoms with Crippen molar-refractivity contribution in [1.29, 1.82) is 0 Å². The minimum absolute atomic E-state index is 0.390. The highest BCUT2D eigenvalue weighted by molar-refractivity contribution is 6.39.